The third kappa shape index (κ3) is 3.16. The molecule has 0 bridgehead atoms. The van der Waals surface area contributed by atoms with Gasteiger partial charge in [0.1, 0.15) is 0 Å². The largest absolute Gasteiger partial charge is 0.314 e. The van der Waals surface area contributed by atoms with Crippen LogP contribution in [0.2, 0.25) is 0 Å². The molecule has 16 heavy (non-hydrogen) atoms. The van der Waals surface area contributed by atoms with E-state index >= 15 is 0 Å². The molecular formula is C10H23N3O2S. The lowest BCUT2D eigenvalue weighted by atomic mass is 10.3. The average molecular weight is 249 g/mol. The van der Waals surface area contributed by atoms with Gasteiger partial charge in [0.05, 0.1) is 0 Å². The van der Waals surface area contributed by atoms with Crippen molar-refractivity contribution in [1.29, 1.82) is 0 Å². The quantitative estimate of drug-likeness (QED) is 0.760. The smallest absolute Gasteiger partial charge is 0.282 e. The van der Waals surface area contributed by atoms with E-state index in [0.717, 1.165) is 25.9 Å². The lowest BCUT2D eigenvalue weighted by Gasteiger charge is -2.35. The second kappa shape index (κ2) is 5.95. The molecule has 1 saturated heterocycles. The first kappa shape index (κ1) is 13.9. The van der Waals surface area contributed by atoms with Crippen LogP contribution in [0, 0.1) is 0 Å². The highest BCUT2D eigenvalue weighted by atomic mass is 32.2. The predicted octanol–water partition coefficient (Wildman–Crippen LogP) is 0.257. The Morgan fingerprint density at radius 1 is 1.50 bits per heavy atom. The average Bonchev–Trinajstić information content (AvgIpc) is 2.26. The van der Waals surface area contributed by atoms with E-state index in [1.54, 1.807) is 11.4 Å². The van der Waals surface area contributed by atoms with E-state index in [1.165, 1.54) is 4.31 Å². The van der Waals surface area contributed by atoms with Crippen molar-refractivity contribution >= 4 is 10.2 Å². The molecule has 0 spiro atoms. The zero-order valence-corrected chi connectivity index (χ0v) is 11.3. The standard InChI is InChI=1S/C10H23N3O2S/c1-4-5-7-12(3)16(14,15)13-8-6-11-9-10(13)2/h10-11H,4-9H2,1-3H3/t10-/m0/s1. The molecule has 0 unspecified atom stereocenters. The maximum Gasteiger partial charge on any atom is 0.282 e. The van der Waals surface area contributed by atoms with Crippen molar-refractivity contribution in [3.63, 3.8) is 0 Å². The molecule has 1 rings (SSSR count). The van der Waals surface area contributed by atoms with Crippen LogP contribution >= 0.6 is 0 Å². The maximum absolute atomic E-state index is 12.2. The Balaban J connectivity index is 2.67. The van der Waals surface area contributed by atoms with Gasteiger partial charge in [-0.15, -0.1) is 0 Å². The summed E-state index contributed by atoms with van der Waals surface area (Å²) in [5, 5.41) is 3.19. The minimum atomic E-state index is -3.26. The fourth-order valence-corrected chi connectivity index (χ4v) is 3.41. The Kier molecular flexibility index (Phi) is 5.17. The summed E-state index contributed by atoms with van der Waals surface area (Å²) in [6.45, 7) is 6.66. The molecule has 5 nitrogen and oxygen atoms in total. The minimum absolute atomic E-state index is 0.0443. The number of hydrogen-bond acceptors (Lipinski definition) is 3. The lowest BCUT2D eigenvalue weighted by Crippen LogP contribution is -2.55. The van der Waals surface area contributed by atoms with Gasteiger partial charge in [0.15, 0.2) is 0 Å². The highest BCUT2D eigenvalue weighted by Crippen LogP contribution is 2.13. The monoisotopic (exact) mass is 249 g/mol. The summed E-state index contributed by atoms with van der Waals surface area (Å²) in [6, 6.07) is 0.0443. The van der Waals surface area contributed by atoms with Crippen molar-refractivity contribution in [2.75, 3.05) is 33.2 Å². The Morgan fingerprint density at radius 2 is 2.19 bits per heavy atom. The van der Waals surface area contributed by atoms with Crippen LogP contribution in [-0.4, -0.2) is 56.3 Å². The Morgan fingerprint density at radius 3 is 2.75 bits per heavy atom. The highest BCUT2D eigenvalue weighted by Gasteiger charge is 2.32. The summed E-state index contributed by atoms with van der Waals surface area (Å²) in [5.41, 5.74) is 0. The van der Waals surface area contributed by atoms with Crippen LogP contribution in [0.3, 0.4) is 0 Å². The molecule has 1 N–H and O–H groups in total. The normalized spacial score (nSPS) is 23.9. The van der Waals surface area contributed by atoms with Crippen LogP contribution in [0.25, 0.3) is 0 Å². The summed E-state index contributed by atoms with van der Waals surface area (Å²) in [6.07, 6.45) is 1.92. The molecule has 1 aliphatic heterocycles. The number of unbranched alkanes of at least 4 members (excludes halogenated alkanes) is 1. The molecule has 0 aromatic carbocycles. The van der Waals surface area contributed by atoms with Crippen molar-refractivity contribution in [3.8, 4) is 0 Å². The maximum atomic E-state index is 12.2. The molecular weight excluding hydrogens is 226 g/mol. The second-order valence-electron chi connectivity index (χ2n) is 4.35. The first-order valence-electron chi connectivity index (χ1n) is 5.94. The van der Waals surface area contributed by atoms with Crippen molar-refractivity contribution in [2.24, 2.45) is 0 Å². The van der Waals surface area contributed by atoms with E-state index in [2.05, 4.69) is 12.2 Å². The van der Waals surface area contributed by atoms with E-state index in [0.29, 0.717) is 13.1 Å². The van der Waals surface area contributed by atoms with Gasteiger partial charge >= 0.3 is 0 Å². The molecule has 0 aromatic heterocycles. The van der Waals surface area contributed by atoms with Gasteiger partial charge in [0, 0.05) is 39.3 Å². The van der Waals surface area contributed by atoms with Crippen LogP contribution in [0.5, 0.6) is 0 Å². The summed E-state index contributed by atoms with van der Waals surface area (Å²) in [4.78, 5) is 0. The van der Waals surface area contributed by atoms with Crippen LogP contribution < -0.4 is 5.32 Å². The Hall–Kier alpha value is -0.170. The molecule has 0 radical (unpaired) electrons. The van der Waals surface area contributed by atoms with E-state index in [4.69, 9.17) is 0 Å². The summed E-state index contributed by atoms with van der Waals surface area (Å²) in [5.74, 6) is 0. The SMILES string of the molecule is CCCCN(C)S(=O)(=O)N1CCNC[C@@H]1C. The highest BCUT2D eigenvalue weighted by molar-refractivity contribution is 7.86. The summed E-state index contributed by atoms with van der Waals surface area (Å²) in [7, 11) is -1.59. The van der Waals surface area contributed by atoms with Gasteiger partial charge in [-0.05, 0) is 13.3 Å². The zero-order chi connectivity index (χ0) is 12.2. The molecule has 96 valence electrons. The fourth-order valence-electron chi connectivity index (χ4n) is 1.84. The topological polar surface area (TPSA) is 52.7 Å². The van der Waals surface area contributed by atoms with E-state index in [9.17, 15) is 8.42 Å². The third-order valence-corrected chi connectivity index (χ3v) is 5.06. The summed E-state index contributed by atoms with van der Waals surface area (Å²) < 4.78 is 27.5. The molecule has 0 saturated carbocycles. The molecule has 6 heteroatoms. The zero-order valence-electron chi connectivity index (χ0n) is 10.4. The van der Waals surface area contributed by atoms with Gasteiger partial charge in [-0.25, -0.2) is 0 Å². The molecule has 1 aliphatic rings. The lowest BCUT2D eigenvalue weighted by molar-refractivity contribution is 0.263. The van der Waals surface area contributed by atoms with Gasteiger partial charge in [-0.1, -0.05) is 13.3 Å². The van der Waals surface area contributed by atoms with E-state index in [-0.39, 0.29) is 6.04 Å². The van der Waals surface area contributed by atoms with Crippen molar-refractivity contribution in [3.05, 3.63) is 0 Å². The number of nitrogens with one attached hydrogen (secondary N) is 1. The predicted molar refractivity (Wildman–Crippen MR) is 65.5 cm³/mol. The first-order valence-corrected chi connectivity index (χ1v) is 7.33. The van der Waals surface area contributed by atoms with Crippen molar-refractivity contribution in [2.45, 2.75) is 32.7 Å². The van der Waals surface area contributed by atoms with Crippen LogP contribution in [-0.2, 0) is 10.2 Å². The molecule has 1 atom stereocenters. The van der Waals surface area contributed by atoms with Crippen LogP contribution in [0.1, 0.15) is 26.7 Å². The minimum Gasteiger partial charge on any atom is -0.314 e. The van der Waals surface area contributed by atoms with Crippen LogP contribution in [0.4, 0.5) is 0 Å². The van der Waals surface area contributed by atoms with Gasteiger partial charge < -0.3 is 5.32 Å². The first-order chi connectivity index (χ1) is 7.50. The summed E-state index contributed by atoms with van der Waals surface area (Å²) >= 11 is 0. The molecule has 0 amide bonds. The number of nitrogens with zero attached hydrogens (tertiary/aromatic N) is 2. The number of piperazine rings is 1. The molecule has 0 aliphatic carbocycles. The van der Waals surface area contributed by atoms with Gasteiger partial charge in [0.2, 0.25) is 0 Å². The fraction of sp³-hybridized carbons (Fsp3) is 1.00. The van der Waals surface area contributed by atoms with Crippen molar-refractivity contribution < 1.29 is 8.42 Å². The number of hydrogen-bond donors (Lipinski definition) is 1. The molecule has 1 fully saturated rings. The van der Waals surface area contributed by atoms with Gasteiger partial charge in [0.25, 0.3) is 10.2 Å². The van der Waals surface area contributed by atoms with Crippen molar-refractivity contribution in [1.82, 2.24) is 13.9 Å². The molecule has 1 heterocycles. The van der Waals surface area contributed by atoms with E-state index < -0.39 is 10.2 Å². The Labute approximate surface area is 99.0 Å². The third-order valence-electron chi connectivity index (χ3n) is 2.96. The second-order valence-corrected chi connectivity index (χ2v) is 6.33. The van der Waals surface area contributed by atoms with Crippen LogP contribution in [0.15, 0.2) is 0 Å². The van der Waals surface area contributed by atoms with Gasteiger partial charge in [-0.2, -0.15) is 17.0 Å². The molecule has 0 aromatic rings. The Bertz CT molecular complexity index is 305. The van der Waals surface area contributed by atoms with E-state index in [1.807, 2.05) is 6.92 Å². The van der Waals surface area contributed by atoms with Gasteiger partial charge in [-0.3, -0.25) is 0 Å². The number of rotatable bonds is 5.